The minimum atomic E-state index is -0.0576. The number of rotatable bonds is 5. The van der Waals surface area contributed by atoms with E-state index >= 15 is 0 Å². The quantitative estimate of drug-likeness (QED) is 0.860. The molecule has 1 aliphatic rings. The van der Waals surface area contributed by atoms with Crippen LogP contribution in [0.2, 0.25) is 0 Å². The van der Waals surface area contributed by atoms with Gasteiger partial charge in [0.2, 0.25) is 0 Å². The van der Waals surface area contributed by atoms with Gasteiger partial charge in [0.1, 0.15) is 11.4 Å². The third-order valence-electron chi connectivity index (χ3n) is 5.42. The van der Waals surface area contributed by atoms with E-state index in [1.54, 1.807) is 11.7 Å². The van der Waals surface area contributed by atoms with E-state index in [1.807, 2.05) is 47.1 Å². The maximum atomic E-state index is 13.2. The van der Waals surface area contributed by atoms with Crippen molar-refractivity contribution in [3.63, 3.8) is 0 Å². The summed E-state index contributed by atoms with van der Waals surface area (Å²) < 4.78 is 1.55. The zero-order valence-electron chi connectivity index (χ0n) is 16.9. The molecule has 0 spiro atoms. The number of amides is 2. The second-order valence-electron chi connectivity index (χ2n) is 7.36. The van der Waals surface area contributed by atoms with Gasteiger partial charge in [-0.3, -0.25) is 14.3 Å². The van der Waals surface area contributed by atoms with E-state index in [0.717, 1.165) is 19.3 Å². The molecule has 1 aliphatic heterocycles. The van der Waals surface area contributed by atoms with Crippen LogP contribution in [0.3, 0.4) is 0 Å². The Labute approximate surface area is 166 Å². The molecule has 0 radical (unpaired) electrons. The van der Waals surface area contributed by atoms with Crippen molar-refractivity contribution in [3.05, 3.63) is 47.2 Å². The monoisotopic (exact) mass is 383 g/mol. The Hall–Kier alpha value is -2.83. The van der Waals surface area contributed by atoms with Crippen molar-refractivity contribution in [1.82, 2.24) is 19.6 Å². The fraction of sp³-hybridized carbons (Fsp3) is 0.476. The number of aryl methyl sites for hydroxylation is 2. The average Bonchev–Trinajstić information content (AvgIpc) is 2.97. The highest BCUT2D eigenvalue weighted by Gasteiger charge is 2.32. The molecule has 0 atom stereocenters. The lowest BCUT2D eigenvalue weighted by Gasteiger charge is -2.38. The van der Waals surface area contributed by atoms with Crippen molar-refractivity contribution in [2.45, 2.75) is 39.2 Å². The fourth-order valence-corrected chi connectivity index (χ4v) is 3.92. The maximum absolute atomic E-state index is 13.2. The van der Waals surface area contributed by atoms with Crippen LogP contribution >= 0.6 is 0 Å². The molecule has 1 fully saturated rings. The maximum Gasteiger partial charge on any atom is 0.259 e. The zero-order valence-corrected chi connectivity index (χ0v) is 16.9. The normalized spacial score (nSPS) is 14.9. The zero-order chi connectivity index (χ0) is 20.3. The first-order valence-electron chi connectivity index (χ1n) is 9.88. The van der Waals surface area contributed by atoms with E-state index in [2.05, 4.69) is 12.0 Å². The first-order chi connectivity index (χ1) is 13.4. The lowest BCUT2D eigenvalue weighted by Crippen LogP contribution is -2.49. The molecule has 28 heavy (non-hydrogen) atoms. The van der Waals surface area contributed by atoms with Gasteiger partial charge in [-0.15, -0.1) is 0 Å². The average molecular weight is 383 g/mol. The Bertz CT molecular complexity index is 838. The van der Waals surface area contributed by atoms with Crippen LogP contribution in [0.25, 0.3) is 0 Å². The molecule has 7 nitrogen and oxygen atoms in total. The number of nitrogen functional groups attached to an aromatic ring is 1. The summed E-state index contributed by atoms with van der Waals surface area (Å²) in [5.74, 6) is 0.401. The van der Waals surface area contributed by atoms with Gasteiger partial charge in [-0.25, -0.2) is 0 Å². The molecule has 2 amide bonds. The Kier molecular flexibility index (Phi) is 6.02. The van der Waals surface area contributed by atoms with Gasteiger partial charge in [0, 0.05) is 38.3 Å². The van der Waals surface area contributed by atoms with Crippen molar-refractivity contribution in [3.8, 4) is 0 Å². The highest BCUT2D eigenvalue weighted by Crippen LogP contribution is 2.24. The standard InChI is InChI=1S/C21H29N5O2/c1-4-12-26(21(28)18-15(2)23-24(3)19(18)22)17-10-13-25(14-11-17)20(27)16-8-6-5-7-9-16/h5-9,17H,4,10-14,22H2,1-3H3. The number of carbonyl (C=O) groups excluding carboxylic acids is 2. The van der Waals surface area contributed by atoms with Crippen LogP contribution in [-0.4, -0.2) is 57.1 Å². The minimum absolute atomic E-state index is 0.0553. The van der Waals surface area contributed by atoms with Crippen LogP contribution in [0, 0.1) is 6.92 Å². The predicted octanol–water partition coefficient (Wildman–Crippen LogP) is 2.47. The van der Waals surface area contributed by atoms with E-state index in [9.17, 15) is 9.59 Å². The van der Waals surface area contributed by atoms with Crippen LogP contribution in [0.1, 0.15) is 52.6 Å². The molecule has 1 saturated heterocycles. The van der Waals surface area contributed by atoms with Crippen molar-refractivity contribution in [2.75, 3.05) is 25.4 Å². The van der Waals surface area contributed by atoms with Crippen LogP contribution in [0.5, 0.6) is 0 Å². The van der Waals surface area contributed by atoms with Gasteiger partial charge in [0.25, 0.3) is 11.8 Å². The lowest BCUT2D eigenvalue weighted by molar-refractivity contribution is 0.0519. The van der Waals surface area contributed by atoms with E-state index in [1.165, 1.54) is 0 Å². The second kappa shape index (κ2) is 8.46. The topological polar surface area (TPSA) is 84.5 Å². The molecule has 0 saturated carbocycles. The van der Waals surface area contributed by atoms with Gasteiger partial charge in [0.15, 0.2) is 0 Å². The summed E-state index contributed by atoms with van der Waals surface area (Å²) in [6.07, 6.45) is 2.40. The molecule has 0 aliphatic carbocycles. The molecule has 2 heterocycles. The number of carbonyl (C=O) groups is 2. The minimum Gasteiger partial charge on any atom is -0.383 e. The highest BCUT2D eigenvalue weighted by atomic mass is 16.2. The van der Waals surface area contributed by atoms with E-state index in [4.69, 9.17) is 5.73 Å². The van der Waals surface area contributed by atoms with Crippen molar-refractivity contribution < 1.29 is 9.59 Å². The molecule has 1 aromatic carbocycles. The van der Waals surface area contributed by atoms with Crippen LogP contribution < -0.4 is 5.73 Å². The smallest absolute Gasteiger partial charge is 0.259 e. The summed E-state index contributed by atoms with van der Waals surface area (Å²) in [5.41, 5.74) is 7.96. The Morgan fingerprint density at radius 2 is 1.86 bits per heavy atom. The van der Waals surface area contributed by atoms with E-state index in [0.29, 0.717) is 42.3 Å². The third-order valence-corrected chi connectivity index (χ3v) is 5.42. The number of anilines is 1. The van der Waals surface area contributed by atoms with Gasteiger partial charge in [-0.05, 0) is 38.3 Å². The molecule has 7 heteroatoms. The first-order valence-corrected chi connectivity index (χ1v) is 9.88. The number of likely N-dealkylation sites (tertiary alicyclic amines) is 1. The molecular weight excluding hydrogens is 354 g/mol. The molecular formula is C21H29N5O2. The number of hydrogen-bond donors (Lipinski definition) is 1. The Morgan fingerprint density at radius 3 is 2.39 bits per heavy atom. The van der Waals surface area contributed by atoms with Crippen LogP contribution in [-0.2, 0) is 7.05 Å². The molecule has 3 rings (SSSR count). The number of hydrogen-bond acceptors (Lipinski definition) is 4. The number of nitrogens with zero attached hydrogens (tertiary/aromatic N) is 4. The molecule has 0 unspecified atom stereocenters. The Morgan fingerprint density at radius 1 is 1.21 bits per heavy atom. The second-order valence-corrected chi connectivity index (χ2v) is 7.36. The SMILES string of the molecule is CCCN(C(=O)c1c(C)nn(C)c1N)C1CCN(C(=O)c2ccccc2)CC1. The Balaban J connectivity index is 1.71. The summed E-state index contributed by atoms with van der Waals surface area (Å²) in [7, 11) is 1.75. The van der Waals surface area contributed by atoms with Crippen molar-refractivity contribution >= 4 is 17.6 Å². The van der Waals surface area contributed by atoms with Crippen LogP contribution in [0.15, 0.2) is 30.3 Å². The molecule has 2 aromatic rings. The summed E-state index contributed by atoms with van der Waals surface area (Å²) in [6, 6.07) is 9.45. The number of piperidine rings is 1. The third kappa shape index (κ3) is 3.88. The van der Waals surface area contributed by atoms with Gasteiger partial charge in [0.05, 0.1) is 5.69 Å². The summed E-state index contributed by atoms with van der Waals surface area (Å²) in [6.45, 7) is 5.84. The largest absolute Gasteiger partial charge is 0.383 e. The lowest BCUT2D eigenvalue weighted by atomic mass is 10.0. The van der Waals surface area contributed by atoms with Gasteiger partial charge in [-0.2, -0.15) is 5.10 Å². The molecule has 2 N–H and O–H groups in total. The summed E-state index contributed by atoms with van der Waals surface area (Å²) >= 11 is 0. The fourth-order valence-electron chi connectivity index (χ4n) is 3.92. The first kappa shape index (κ1) is 19.9. The molecule has 1 aromatic heterocycles. The summed E-state index contributed by atoms with van der Waals surface area (Å²) in [5, 5.41) is 4.28. The predicted molar refractivity (Wildman–Crippen MR) is 109 cm³/mol. The highest BCUT2D eigenvalue weighted by molar-refractivity contribution is 6.00. The number of nitrogens with two attached hydrogens (primary N) is 1. The van der Waals surface area contributed by atoms with E-state index in [-0.39, 0.29) is 17.9 Å². The van der Waals surface area contributed by atoms with Gasteiger partial charge >= 0.3 is 0 Å². The van der Waals surface area contributed by atoms with Crippen molar-refractivity contribution in [2.24, 2.45) is 7.05 Å². The van der Waals surface area contributed by atoms with Crippen molar-refractivity contribution in [1.29, 1.82) is 0 Å². The molecule has 150 valence electrons. The number of aromatic nitrogens is 2. The van der Waals surface area contributed by atoms with Gasteiger partial charge in [-0.1, -0.05) is 25.1 Å². The molecule has 0 bridgehead atoms. The van der Waals surface area contributed by atoms with Gasteiger partial charge < -0.3 is 15.5 Å². The van der Waals surface area contributed by atoms with E-state index < -0.39 is 0 Å². The summed E-state index contributed by atoms with van der Waals surface area (Å²) in [4.78, 5) is 29.7. The van der Waals surface area contributed by atoms with Crippen LogP contribution in [0.4, 0.5) is 5.82 Å². The number of benzene rings is 1.